The highest BCUT2D eigenvalue weighted by Crippen LogP contribution is 2.34. The van der Waals surface area contributed by atoms with Gasteiger partial charge in [0.2, 0.25) is 0 Å². The maximum Gasteiger partial charge on any atom is 0.263 e. The van der Waals surface area contributed by atoms with Gasteiger partial charge in [-0.15, -0.1) is 0 Å². The summed E-state index contributed by atoms with van der Waals surface area (Å²) in [5.41, 5.74) is 1.96. The number of benzene rings is 2. The summed E-state index contributed by atoms with van der Waals surface area (Å²) in [6.07, 6.45) is 1.37. The van der Waals surface area contributed by atoms with Crippen LogP contribution in [0.25, 0.3) is 6.08 Å². The molecule has 0 bridgehead atoms. The standard InChI is InChI=1S/C20H15Br2N3O4S/c1-10-3-2-4-13(5-10)23-16(26)9-29-17-11(6-12(21)8-15(17)22)7-14-18(27)24-20(30)25-19(14)28/h2-8H,9H2,1H3,(H,23,26)(H2,24,25,27,28,30). The average Bonchev–Trinajstić information content (AvgIpc) is 2.63. The van der Waals surface area contributed by atoms with Crippen LogP contribution in [-0.4, -0.2) is 29.4 Å². The second kappa shape index (κ2) is 9.50. The van der Waals surface area contributed by atoms with E-state index < -0.39 is 11.8 Å². The fourth-order valence-electron chi connectivity index (χ4n) is 2.66. The van der Waals surface area contributed by atoms with E-state index in [1.165, 1.54) is 6.08 Å². The molecule has 3 rings (SSSR count). The second-order valence-corrected chi connectivity index (χ2v) is 8.49. The molecule has 7 nitrogen and oxygen atoms in total. The molecule has 10 heteroatoms. The van der Waals surface area contributed by atoms with Gasteiger partial charge in [0, 0.05) is 15.7 Å². The Hall–Kier alpha value is -2.56. The van der Waals surface area contributed by atoms with Crippen LogP contribution < -0.4 is 20.7 Å². The molecule has 2 aromatic rings. The van der Waals surface area contributed by atoms with Gasteiger partial charge >= 0.3 is 0 Å². The van der Waals surface area contributed by atoms with E-state index in [0.29, 0.717) is 25.9 Å². The number of thiocarbonyl (C=S) groups is 1. The number of rotatable bonds is 5. The van der Waals surface area contributed by atoms with Crippen molar-refractivity contribution in [3.05, 3.63) is 62.0 Å². The molecule has 3 N–H and O–H groups in total. The molecule has 1 heterocycles. The lowest BCUT2D eigenvalue weighted by atomic mass is 10.1. The van der Waals surface area contributed by atoms with E-state index in [0.717, 1.165) is 5.56 Å². The Labute approximate surface area is 194 Å². The molecule has 1 aliphatic heterocycles. The number of aryl methyl sites for hydroxylation is 1. The van der Waals surface area contributed by atoms with Gasteiger partial charge in [-0.2, -0.15) is 0 Å². The van der Waals surface area contributed by atoms with Crippen molar-refractivity contribution in [3.63, 3.8) is 0 Å². The Morgan fingerprint density at radius 2 is 1.87 bits per heavy atom. The quantitative estimate of drug-likeness (QED) is 0.300. The number of ether oxygens (including phenoxy) is 1. The summed E-state index contributed by atoms with van der Waals surface area (Å²) in [6, 6.07) is 10.8. The summed E-state index contributed by atoms with van der Waals surface area (Å²) < 4.78 is 6.93. The highest BCUT2D eigenvalue weighted by molar-refractivity contribution is 9.11. The van der Waals surface area contributed by atoms with Gasteiger partial charge in [-0.3, -0.25) is 25.0 Å². The molecule has 1 fully saturated rings. The first-order chi connectivity index (χ1) is 14.2. The largest absolute Gasteiger partial charge is 0.482 e. The van der Waals surface area contributed by atoms with E-state index in [2.05, 4.69) is 47.8 Å². The summed E-state index contributed by atoms with van der Waals surface area (Å²) in [5.74, 6) is -1.29. The number of carbonyl (C=O) groups excluding carboxylic acids is 3. The minimum atomic E-state index is -0.622. The zero-order chi connectivity index (χ0) is 21.8. The fourth-order valence-corrected chi connectivity index (χ4v) is 4.22. The number of anilines is 1. The van der Waals surface area contributed by atoms with Crippen LogP contribution in [0.3, 0.4) is 0 Å². The zero-order valence-electron chi connectivity index (χ0n) is 15.5. The molecule has 3 amide bonds. The van der Waals surface area contributed by atoms with Crippen LogP contribution in [0, 0.1) is 6.92 Å². The highest BCUT2D eigenvalue weighted by atomic mass is 79.9. The maximum absolute atomic E-state index is 12.3. The maximum atomic E-state index is 12.3. The minimum Gasteiger partial charge on any atom is -0.482 e. The summed E-state index contributed by atoms with van der Waals surface area (Å²) in [4.78, 5) is 36.6. The zero-order valence-corrected chi connectivity index (χ0v) is 19.5. The molecule has 0 aromatic heterocycles. The summed E-state index contributed by atoms with van der Waals surface area (Å²) in [5, 5.41) is 7.45. The van der Waals surface area contributed by atoms with Crippen molar-refractivity contribution < 1.29 is 19.1 Å². The second-order valence-electron chi connectivity index (χ2n) is 6.31. The normalized spacial score (nSPS) is 13.4. The molecular formula is C20H15Br2N3O4S. The van der Waals surface area contributed by atoms with Crippen LogP contribution >= 0.6 is 44.1 Å². The van der Waals surface area contributed by atoms with Gasteiger partial charge in [-0.1, -0.05) is 28.1 Å². The molecule has 1 aliphatic rings. The number of hydrogen-bond acceptors (Lipinski definition) is 5. The van der Waals surface area contributed by atoms with Crippen molar-refractivity contribution in [1.29, 1.82) is 0 Å². The third kappa shape index (κ3) is 5.53. The van der Waals surface area contributed by atoms with Crippen LogP contribution in [-0.2, 0) is 14.4 Å². The van der Waals surface area contributed by atoms with Gasteiger partial charge in [-0.05, 0) is 71.0 Å². The van der Waals surface area contributed by atoms with E-state index in [1.807, 2.05) is 25.1 Å². The molecule has 0 aliphatic carbocycles. The lowest BCUT2D eigenvalue weighted by Gasteiger charge is -2.17. The summed E-state index contributed by atoms with van der Waals surface area (Å²) >= 11 is 11.6. The highest BCUT2D eigenvalue weighted by Gasteiger charge is 2.26. The van der Waals surface area contributed by atoms with Crippen molar-refractivity contribution in [3.8, 4) is 5.75 Å². The SMILES string of the molecule is Cc1cccc(NC(=O)COc2c(Br)cc(Br)cc2C=C2C(=O)NC(=S)NC2=O)c1. The predicted molar refractivity (Wildman–Crippen MR) is 124 cm³/mol. The van der Waals surface area contributed by atoms with Gasteiger partial charge in [-0.25, -0.2) is 0 Å². The van der Waals surface area contributed by atoms with E-state index in [-0.39, 0.29) is 23.2 Å². The summed E-state index contributed by atoms with van der Waals surface area (Å²) in [6.45, 7) is 1.65. The number of carbonyl (C=O) groups is 3. The van der Waals surface area contributed by atoms with Crippen LogP contribution in [0.5, 0.6) is 5.75 Å². The topological polar surface area (TPSA) is 96.5 Å². The molecule has 0 saturated carbocycles. The van der Waals surface area contributed by atoms with Gasteiger partial charge in [0.15, 0.2) is 11.7 Å². The third-order valence-corrected chi connectivity index (χ3v) is 5.18. The first kappa shape index (κ1) is 22.1. The molecule has 2 aromatic carbocycles. The fraction of sp³-hybridized carbons (Fsp3) is 0.100. The van der Waals surface area contributed by atoms with E-state index >= 15 is 0 Å². The molecule has 0 unspecified atom stereocenters. The number of halogens is 2. The molecular weight excluding hydrogens is 538 g/mol. The molecule has 0 spiro atoms. The number of amides is 3. The lowest BCUT2D eigenvalue weighted by molar-refractivity contribution is -0.123. The third-order valence-electron chi connectivity index (χ3n) is 3.93. The monoisotopic (exact) mass is 551 g/mol. The van der Waals surface area contributed by atoms with Crippen LogP contribution in [0.2, 0.25) is 0 Å². The molecule has 0 atom stereocenters. The van der Waals surface area contributed by atoms with Gasteiger partial charge in [0.25, 0.3) is 17.7 Å². The summed E-state index contributed by atoms with van der Waals surface area (Å²) in [7, 11) is 0. The van der Waals surface area contributed by atoms with E-state index in [4.69, 9.17) is 17.0 Å². The van der Waals surface area contributed by atoms with Crippen molar-refractivity contribution in [2.24, 2.45) is 0 Å². The molecule has 30 heavy (non-hydrogen) atoms. The average molecular weight is 553 g/mol. The molecule has 0 radical (unpaired) electrons. The van der Waals surface area contributed by atoms with Crippen LogP contribution in [0.1, 0.15) is 11.1 Å². The Bertz CT molecular complexity index is 1080. The van der Waals surface area contributed by atoms with Gasteiger partial charge in [0.1, 0.15) is 11.3 Å². The van der Waals surface area contributed by atoms with E-state index in [9.17, 15) is 14.4 Å². The van der Waals surface area contributed by atoms with Gasteiger partial charge < -0.3 is 10.1 Å². The first-order valence-corrected chi connectivity index (χ1v) is 10.6. The van der Waals surface area contributed by atoms with Crippen molar-refractivity contribution in [2.45, 2.75) is 6.92 Å². The number of hydrogen-bond donors (Lipinski definition) is 3. The van der Waals surface area contributed by atoms with Crippen LogP contribution in [0.4, 0.5) is 5.69 Å². The first-order valence-electron chi connectivity index (χ1n) is 8.59. The smallest absolute Gasteiger partial charge is 0.263 e. The molecule has 154 valence electrons. The Balaban J connectivity index is 1.82. The van der Waals surface area contributed by atoms with Crippen molar-refractivity contribution >= 4 is 78.7 Å². The van der Waals surface area contributed by atoms with Crippen LogP contribution in [0.15, 0.2) is 50.9 Å². The van der Waals surface area contributed by atoms with Crippen molar-refractivity contribution in [2.75, 3.05) is 11.9 Å². The lowest BCUT2D eigenvalue weighted by Crippen LogP contribution is -2.51. The molecule has 1 saturated heterocycles. The minimum absolute atomic E-state index is 0.0538. The predicted octanol–water partition coefficient (Wildman–Crippen LogP) is 3.45. The van der Waals surface area contributed by atoms with Gasteiger partial charge in [0.05, 0.1) is 4.47 Å². The number of nitrogens with one attached hydrogen (secondary N) is 3. The van der Waals surface area contributed by atoms with E-state index in [1.54, 1.807) is 18.2 Å². The van der Waals surface area contributed by atoms with Crippen molar-refractivity contribution in [1.82, 2.24) is 10.6 Å². The Morgan fingerprint density at radius 1 is 1.17 bits per heavy atom. The Kier molecular flexibility index (Phi) is 7.01. The Morgan fingerprint density at radius 3 is 2.53 bits per heavy atom.